The van der Waals surface area contributed by atoms with Crippen LogP contribution >= 0.6 is 0 Å². The minimum absolute atomic E-state index is 0.0163. The van der Waals surface area contributed by atoms with Crippen molar-refractivity contribution in [2.24, 2.45) is 5.73 Å². The molecule has 2 aromatic carbocycles. The Balaban J connectivity index is 2.16. The molecule has 0 saturated heterocycles. The van der Waals surface area contributed by atoms with Gasteiger partial charge >= 0.3 is 0 Å². The molecule has 2 rings (SSSR count). The second-order valence-electron chi connectivity index (χ2n) is 5.18. The van der Waals surface area contributed by atoms with Gasteiger partial charge in [0, 0.05) is 13.5 Å². The highest BCUT2D eigenvalue weighted by Gasteiger charge is 2.14. The Bertz CT molecular complexity index is 542. The van der Waals surface area contributed by atoms with Crippen LogP contribution in [0.5, 0.6) is 0 Å². The molecule has 0 spiro atoms. The summed E-state index contributed by atoms with van der Waals surface area (Å²) in [4.78, 5) is 0. The highest BCUT2D eigenvalue weighted by molar-refractivity contribution is 5.28. The number of benzene rings is 2. The topological polar surface area (TPSA) is 55.5 Å². The zero-order valence-electron chi connectivity index (χ0n) is 12.4. The summed E-state index contributed by atoms with van der Waals surface area (Å²) in [5.74, 6) is 0. The van der Waals surface area contributed by atoms with Gasteiger partial charge in [-0.1, -0.05) is 54.6 Å². The minimum atomic E-state index is -0.510. The van der Waals surface area contributed by atoms with Crippen molar-refractivity contribution in [1.82, 2.24) is 0 Å². The maximum Gasteiger partial charge on any atom is 0.0861 e. The second-order valence-corrected chi connectivity index (χ2v) is 5.18. The Morgan fingerprint density at radius 3 is 2.43 bits per heavy atom. The zero-order valence-corrected chi connectivity index (χ0v) is 12.4. The van der Waals surface area contributed by atoms with Crippen molar-refractivity contribution in [2.45, 2.75) is 25.0 Å². The van der Waals surface area contributed by atoms with Crippen LogP contribution in [0, 0.1) is 0 Å². The summed E-state index contributed by atoms with van der Waals surface area (Å²) in [5.41, 5.74) is 8.72. The normalized spacial score (nSPS) is 13.9. The molecule has 3 nitrogen and oxygen atoms in total. The van der Waals surface area contributed by atoms with Crippen LogP contribution in [0.4, 0.5) is 0 Å². The molecule has 0 aliphatic rings. The number of methoxy groups -OCH3 is 1. The monoisotopic (exact) mass is 285 g/mol. The van der Waals surface area contributed by atoms with Crippen molar-refractivity contribution < 1.29 is 9.84 Å². The van der Waals surface area contributed by atoms with Gasteiger partial charge in [-0.15, -0.1) is 0 Å². The van der Waals surface area contributed by atoms with Gasteiger partial charge in [0.05, 0.1) is 12.2 Å². The van der Waals surface area contributed by atoms with Gasteiger partial charge in [0.1, 0.15) is 0 Å². The van der Waals surface area contributed by atoms with Crippen LogP contribution in [0.2, 0.25) is 0 Å². The highest BCUT2D eigenvalue weighted by atomic mass is 16.5. The summed E-state index contributed by atoms with van der Waals surface area (Å²) >= 11 is 0. The van der Waals surface area contributed by atoms with Gasteiger partial charge < -0.3 is 15.6 Å². The summed E-state index contributed by atoms with van der Waals surface area (Å²) in [5, 5.41) is 10.1. The Hall–Kier alpha value is -1.68. The first kappa shape index (κ1) is 15.7. The Kier molecular flexibility index (Phi) is 5.93. The number of aliphatic hydroxyl groups is 1. The highest BCUT2D eigenvalue weighted by Crippen LogP contribution is 2.25. The molecule has 2 aromatic rings. The third kappa shape index (κ3) is 4.39. The molecule has 2 unspecified atom stereocenters. The number of hydrogen-bond donors (Lipinski definition) is 2. The van der Waals surface area contributed by atoms with Gasteiger partial charge in [-0.05, 0) is 29.7 Å². The Morgan fingerprint density at radius 1 is 1.05 bits per heavy atom. The smallest absolute Gasteiger partial charge is 0.0861 e. The van der Waals surface area contributed by atoms with Gasteiger partial charge in [-0.25, -0.2) is 0 Å². The van der Waals surface area contributed by atoms with Crippen molar-refractivity contribution >= 4 is 0 Å². The summed E-state index contributed by atoms with van der Waals surface area (Å²) in [6.07, 6.45) is 0.856. The lowest BCUT2D eigenvalue weighted by molar-refractivity contribution is 0.103. The number of rotatable bonds is 7. The molecule has 0 heterocycles. The Morgan fingerprint density at radius 2 is 1.76 bits per heavy atom. The van der Waals surface area contributed by atoms with Gasteiger partial charge in [0.25, 0.3) is 0 Å². The van der Waals surface area contributed by atoms with Crippen LogP contribution in [0.25, 0.3) is 0 Å². The molecule has 0 bridgehead atoms. The van der Waals surface area contributed by atoms with Crippen molar-refractivity contribution in [1.29, 1.82) is 0 Å². The molecule has 21 heavy (non-hydrogen) atoms. The summed E-state index contributed by atoms with van der Waals surface area (Å²) in [6, 6.07) is 18.2. The Labute approximate surface area is 126 Å². The van der Waals surface area contributed by atoms with Gasteiger partial charge in [0.15, 0.2) is 0 Å². The first-order valence-corrected chi connectivity index (χ1v) is 7.29. The van der Waals surface area contributed by atoms with E-state index in [4.69, 9.17) is 10.5 Å². The minimum Gasteiger partial charge on any atom is -0.388 e. The average molecular weight is 285 g/mol. The molecule has 0 radical (unpaired) electrons. The maximum absolute atomic E-state index is 10.1. The number of nitrogens with two attached hydrogens (primary N) is 1. The fraction of sp³-hybridized carbons (Fsp3) is 0.333. The first-order chi connectivity index (χ1) is 10.2. The number of aliphatic hydroxyl groups excluding tert-OH is 1. The SMILES string of the molecule is COC(Cc1ccccc1)c1cccc(C(O)CCN)c1. The molecule has 0 aliphatic heterocycles. The van der Waals surface area contributed by atoms with Crippen molar-refractivity contribution in [3.63, 3.8) is 0 Å². The number of ether oxygens (including phenoxy) is 1. The zero-order chi connectivity index (χ0) is 15.1. The number of hydrogen-bond acceptors (Lipinski definition) is 3. The molecule has 2 atom stereocenters. The van der Waals surface area contributed by atoms with E-state index in [1.165, 1.54) is 5.56 Å². The van der Waals surface area contributed by atoms with E-state index in [0.29, 0.717) is 13.0 Å². The van der Waals surface area contributed by atoms with Gasteiger partial charge in [-0.2, -0.15) is 0 Å². The molecule has 0 saturated carbocycles. The van der Waals surface area contributed by atoms with Gasteiger partial charge in [0.2, 0.25) is 0 Å². The molecular formula is C18H23NO2. The third-order valence-electron chi connectivity index (χ3n) is 3.66. The van der Waals surface area contributed by atoms with E-state index in [2.05, 4.69) is 12.1 Å². The molecule has 0 fully saturated rings. The van der Waals surface area contributed by atoms with Crippen LogP contribution in [0.3, 0.4) is 0 Å². The van der Waals surface area contributed by atoms with Crippen molar-refractivity contribution in [3.8, 4) is 0 Å². The van der Waals surface area contributed by atoms with Crippen LogP contribution in [0.15, 0.2) is 54.6 Å². The van der Waals surface area contributed by atoms with E-state index >= 15 is 0 Å². The molecule has 0 aliphatic carbocycles. The van der Waals surface area contributed by atoms with E-state index in [0.717, 1.165) is 17.5 Å². The van der Waals surface area contributed by atoms with Gasteiger partial charge in [-0.3, -0.25) is 0 Å². The predicted molar refractivity (Wildman–Crippen MR) is 85.0 cm³/mol. The van der Waals surface area contributed by atoms with E-state index in [9.17, 15) is 5.11 Å². The van der Waals surface area contributed by atoms with E-state index in [-0.39, 0.29) is 6.10 Å². The van der Waals surface area contributed by atoms with Crippen LogP contribution in [-0.2, 0) is 11.2 Å². The standard InChI is InChI=1S/C18H23NO2/c1-21-18(12-14-6-3-2-4-7-14)16-9-5-8-15(13-16)17(20)10-11-19/h2-9,13,17-18,20H,10-12,19H2,1H3. The largest absolute Gasteiger partial charge is 0.388 e. The molecule has 3 N–H and O–H groups in total. The second kappa shape index (κ2) is 7.93. The average Bonchev–Trinajstić information content (AvgIpc) is 2.54. The summed E-state index contributed by atoms with van der Waals surface area (Å²) in [7, 11) is 1.72. The molecule has 0 aromatic heterocycles. The summed E-state index contributed by atoms with van der Waals surface area (Å²) < 4.78 is 5.63. The van der Waals surface area contributed by atoms with Crippen LogP contribution < -0.4 is 5.73 Å². The summed E-state index contributed by atoms with van der Waals surface area (Å²) in [6.45, 7) is 0.475. The lowest BCUT2D eigenvalue weighted by atomic mass is 9.97. The fourth-order valence-corrected chi connectivity index (χ4v) is 2.46. The molecule has 0 amide bonds. The molecule has 112 valence electrons. The van der Waals surface area contributed by atoms with Crippen LogP contribution in [-0.4, -0.2) is 18.8 Å². The fourth-order valence-electron chi connectivity index (χ4n) is 2.46. The lowest BCUT2D eigenvalue weighted by Crippen LogP contribution is -2.09. The van der Waals surface area contributed by atoms with E-state index in [1.54, 1.807) is 7.11 Å². The molecule has 3 heteroatoms. The van der Waals surface area contributed by atoms with Crippen molar-refractivity contribution in [3.05, 3.63) is 71.3 Å². The van der Waals surface area contributed by atoms with Crippen molar-refractivity contribution in [2.75, 3.05) is 13.7 Å². The molecular weight excluding hydrogens is 262 g/mol. The maximum atomic E-state index is 10.1. The van der Waals surface area contributed by atoms with E-state index in [1.807, 2.05) is 42.5 Å². The third-order valence-corrected chi connectivity index (χ3v) is 3.66. The quantitative estimate of drug-likeness (QED) is 0.822. The lowest BCUT2D eigenvalue weighted by Gasteiger charge is -2.18. The predicted octanol–water partition coefficient (Wildman–Crippen LogP) is 3.00. The first-order valence-electron chi connectivity index (χ1n) is 7.29. The van der Waals surface area contributed by atoms with Crippen LogP contribution in [0.1, 0.15) is 35.3 Å². The van der Waals surface area contributed by atoms with E-state index < -0.39 is 6.10 Å².